The maximum atomic E-state index is 13.3. The van der Waals surface area contributed by atoms with E-state index < -0.39 is 5.54 Å². The third-order valence-corrected chi connectivity index (χ3v) is 7.93. The lowest BCUT2D eigenvalue weighted by atomic mass is 9.77. The number of nitrogens with one attached hydrogen (secondary N) is 2. The minimum absolute atomic E-state index is 0.168. The van der Waals surface area contributed by atoms with E-state index in [2.05, 4.69) is 53.4 Å². The van der Waals surface area contributed by atoms with Gasteiger partial charge in [0.15, 0.2) is 11.2 Å². The van der Waals surface area contributed by atoms with Crippen LogP contribution in [-0.2, 0) is 10.3 Å². The fourth-order valence-electron chi connectivity index (χ4n) is 5.85. The van der Waals surface area contributed by atoms with Crippen molar-refractivity contribution in [3.8, 4) is 5.75 Å². The first-order chi connectivity index (χ1) is 19.5. The Bertz CT molecular complexity index is 1610. The molecule has 1 aliphatic heterocycles. The van der Waals surface area contributed by atoms with Crippen LogP contribution in [0.25, 0.3) is 11.2 Å². The maximum Gasteiger partial charge on any atom is 0.280 e. The molecule has 0 unspecified atom stereocenters. The number of rotatable bonds is 8. The number of fused-ring (bicyclic) bond motifs is 1. The van der Waals surface area contributed by atoms with E-state index in [-0.39, 0.29) is 23.4 Å². The number of nitrogens with zero attached hydrogens (tertiary/aromatic N) is 3. The Kier molecular flexibility index (Phi) is 6.86. The predicted molar refractivity (Wildman–Crippen MR) is 156 cm³/mol. The summed E-state index contributed by atoms with van der Waals surface area (Å²) in [4.78, 5) is 25.6. The van der Waals surface area contributed by atoms with E-state index in [4.69, 9.17) is 14.5 Å². The Morgan fingerprint density at radius 3 is 2.20 bits per heavy atom. The second kappa shape index (κ2) is 10.6. The number of ether oxygens (including phenoxy) is 2. The fourth-order valence-corrected chi connectivity index (χ4v) is 5.85. The van der Waals surface area contributed by atoms with Crippen molar-refractivity contribution in [2.75, 3.05) is 12.4 Å². The molecule has 0 amide bonds. The smallest absolute Gasteiger partial charge is 0.280 e. The zero-order valence-electron chi connectivity index (χ0n) is 22.9. The van der Waals surface area contributed by atoms with E-state index >= 15 is 0 Å². The zero-order valence-corrected chi connectivity index (χ0v) is 22.9. The summed E-state index contributed by atoms with van der Waals surface area (Å²) in [7, 11) is 1.65. The number of imidazole rings is 1. The molecule has 40 heavy (non-hydrogen) atoms. The molecule has 1 fully saturated rings. The van der Waals surface area contributed by atoms with Gasteiger partial charge in [0.2, 0.25) is 5.95 Å². The summed E-state index contributed by atoms with van der Waals surface area (Å²) in [6, 6.07) is 28.3. The Hall–Kier alpha value is -4.43. The van der Waals surface area contributed by atoms with Crippen LogP contribution in [0.5, 0.6) is 5.75 Å². The van der Waals surface area contributed by atoms with Crippen LogP contribution >= 0.6 is 0 Å². The molecule has 5 aromatic rings. The van der Waals surface area contributed by atoms with Gasteiger partial charge in [0, 0.05) is 0 Å². The molecule has 0 bridgehead atoms. The van der Waals surface area contributed by atoms with Gasteiger partial charge in [-0.25, -0.2) is 4.98 Å². The number of hydrogen-bond acceptors (Lipinski definition) is 6. The number of methoxy groups -OCH3 is 1. The van der Waals surface area contributed by atoms with Crippen molar-refractivity contribution >= 4 is 17.1 Å². The first-order valence-corrected chi connectivity index (χ1v) is 13.7. The molecule has 6 rings (SSSR count). The van der Waals surface area contributed by atoms with Crippen molar-refractivity contribution in [1.82, 2.24) is 19.5 Å². The van der Waals surface area contributed by atoms with Crippen LogP contribution in [0.4, 0.5) is 5.95 Å². The molecule has 3 heterocycles. The number of anilines is 1. The lowest BCUT2D eigenvalue weighted by molar-refractivity contribution is -0.00303. The van der Waals surface area contributed by atoms with E-state index in [1.165, 1.54) is 0 Å². The largest absolute Gasteiger partial charge is 0.497 e. The molecule has 204 valence electrons. The molecule has 2 N–H and O–H groups in total. The SMILES string of the molecule is CC[C@H]1O[C@@H](n2cnc3c(=O)[nH]c(NC(c4ccccc4)(c4ccccc4)c4ccc(OC)cc4)nc32)C[C@@H]1C. The van der Waals surface area contributed by atoms with Gasteiger partial charge in [-0.05, 0) is 47.6 Å². The number of hydrogen-bond donors (Lipinski definition) is 2. The van der Waals surface area contributed by atoms with E-state index in [1.54, 1.807) is 13.4 Å². The predicted octanol–water partition coefficient (Wildman–Crippen LogP) is 5.87. The van der Waals surface area contributed by atoms with Crippen molar-refractivity contribution in [2.24, 2.45) is 5.92 Å². The second-order valence-corrected chi connectivity index (χ2v) is 10.3. The summed E-state index contributed by atoms with van der Waals surface area (Å²) < 4.78 is 13.7. The van der Waals surface area contributed by atoms with E-state index in [0.29, 0.717) is 17.5 Å². The number of H-pyrrole nitrogens is 1. The average Bonchev–Trinajstić information content (AvgIpc) is 3.60. The highest BCUT2D eigenvalue weighted by atomic mass is 16.5. The third kappa shape index (κ3) is 4.44. The minimum Gasteiger partial charge on any atom is -0.497 e. The quantitative estimate of drug-likeness (QED) is 0.242. The molecule has 8 nitrogen and oxygen atoms in total. The Morgan fingerprint density at radius 1 is 1.00 bits per heavy atom. The molecule has 3 atom stereocenters. The van der Waals surface area contributed by atoms with E-state index in [1.807, 2.05) is 65.2 Å². The normalized spacial score (nSPS) is 19.1. The Morgan fingerprint density at radius 2 is 1.62 bits per heavy atom. The highest BCUT2D eigenvalue weighted by Crippen LogP contribution is 2.40. The first kappa shape index (κ1) is 25.8. The molecule has 0 saturated carbocycles. The van der Waals surface area contributed by atoms with E-state index in [9.17, 15) is 4.79 Å². The summed E-state index contributed by atoms with van der Waals surface area (Å²) >= 11 is 0. The Balaban J connectivity index is 1.53. The molecule has 0 spiro atoms. The molecule has 0 aliphatic carbocycles. The van der Waals surface area contributed by atoms with Crippen LogP contribution in [0.3, 0.4) is 0 Å². The zero-order chi connectivity index (χ0) is 27.7. The molecule has 2 aromatic heterocycles. The third-order valence-electron chi connectivity index (χ3n) is 7.93. The van der Waals surface area contributed by atoms with Gasteiger partial charge >= 0.3 is 0 Å². The number of aromatic nitrogens is 4. The van der Waals surface area contributed by atoms with Crippen molar-refractivity contribution in [2.45, 2.75) is 44.6 Å². The lowest BCUT2D eigenvalue weighted by Gasteiger charge is -2.37. The monoisotopic (exact) mass is 535 g/mol. The second-order valence-electron chi connectivity index (χ2n) is 10.3. The maximum absolute atomic E-state index is 13.3. The first-order valence-electron chi connectivity index (χ1n) is 13.7. The standard InChI is InChI=1S/C32H33N5O3/c1-4-26-21(2)19-27(40-26)37-20-33-28-29(37)34-31(35-30(28)38)36-32(22-11-7-5-8-12-22,23-13-9-6-10-14-23)24-15-17-25(39-3)18-16-24/h5-18,20-21,26-27H,4,19H2,1-3H3,(H2,34,35,36,38)/t21-,26+,27+/m0/s1. The van der Waals surface area contributed by atoms with Crippen LogP contribution in [0.15, 0.2) is 96.1 Å². The van der Waals surface area contributed by atoms with Crippen molar-refractivity contribution in [3.63, 3.8) is 0 Å². The summed E-state index contributed by atoms with van der Waals surface area (Å²) in [5, 5.41) is 3.66. The lowest BCUT2D eigenvalue weighted by Crippen LogP contribution is -2.39. The molecule has 1 saturated heterocycles. The van der Waals surface area contributed by atoms with Crippen LogP contribution < -0.4 is 15.6 Å². The average molecular weight is 536 g/mol. The van der Waals surface area contributed by atoms with Crippen molar-refractivity contribution in [1.29, 1.82) is 0 Å². The molecular formula is C32H33N5O3. The molecule has 0 radical (unpaired) electrons. The highest BCUT2D eigenvalue weighted by molar-refractivity contribution is 5.71. The van der Waals surface area contributed by atoms with Crippen LogP contribution in [0.1, 0.15) is 49.6 Å². The highest BCUT2D eigenvalue weighted by Gasteiger charge is 2.38. The minimum atomic E-state index is -0.880. The van der Waals surface area contributed by atoms with Crippen LogP contribution in [0, 0.1) is 5.92 Å². The fraction of sp³-hybridized carbons (Fsp3) is 0.281. The van der Waals surface area contributed by atoms with E-state index in [0.717, 1.165) is 35.3 Å². The van der Waals surface area contributed by atoms with Gasteiger partial charge in [-0.3, -0.25) is 14.3 Å². The van der Waals surface area contributed by atoms with Gasteiger partial charge in [0.1, 0.15) is 17.5 Å². The molecular weight excluding hydrogens is 502 g/mol. The summed E-state index contributed by atoms with van der Waals surface area (Å²) in [5.41, 5.74) is 2.52. The van der Waals surface area contributed by atoms with Gasteiger partial charge in [-0.1, -0.05) is 86.6 Å². The molecule has 8 heteroatoms. The summed E-state index contributed by atoms with van der Waals surface area (Å²) in [6.07, 6.45) is 3.38. The molecule has 3 aromatic carbocycles. The van der Waals surface area contributed by atoms with Gasteiger partial charge in [-0.2, -0.15) is 4.98 Å². The van der Waals surface area contributed by atoms with Gasteiger partial charge in [0.05, 0.1) is 19.5 Å². The Labute approximate surface area is 233 Å². The van der Waals surface area contributed by atoms with Crippen molar-refractivity contribution < 1.29 is 9.47 Å². The van der Waals surface area contributed by atoms with Crippen LogP contribution in [-0.4, -0.2) is 32.7 Å². The van der Waals surface area contributed by atoms with Crippen LogP contribution in [0.2, 0.25) is 0 Å². The number of benzene rings is 3. The topological polar surface area (TPSA) is 94.1 Å². The van der Waals surface area contributed by atoms with Gasteiger partial charge in [-0.15, -0.1) is 0 Å². The summed E-state index contributed by atoms with van der Waals surface area (Å²) in [5.74, 6) is 1.50. The van der Waals surface area contributed by atoms with Crippen molar-refractivity contribution in [3.05, 3.63) is 118 Å². The van der Waals surface area contributed by atoms with Gasteiger partial charge in [0.25, 0.3) is 5.56 Å². The number of aromatic amines is 1. The summed E-state index contributed by atoms with van der Waals surface area (Å²) in [6.45, 7) is 4.33. The molecule has 1 aliphatic rings. The van der Waals surface area contributed by atoms with Gasteiger partial charge < -0.3 is 14.8 Å².